The van der Waals surface area contributed by atoms with Gasteiger partial charge in [-0.1, -0.05) is 41.6 Å². The Bertz CT molecular complexity index is 1300. The van der Waals surface area contributed by atoms with Crippen LogP contribution in [0.25, 0.3) is 10.2 Å². The molecule has 2 aromatic heterocycles. The normalized spacial score (nSPS) is 15.5. The third-order valence-corrected chi connectivity index (χ3v) is 8.16. The number of amides is 1. The SMILES string of the molecule is CCOC(=O)c1sc2nc(SCC(=O)NCc3ccccc3Cl)n(CC3CCCO3)c(=O)c2c1C. The number of hydrogen-bond acceptors (Lipinski definition) is 8. The first-order valence-corrected chi connectivity index (χ1v) is 13.5. The van der Waals surface area contributed by atoms with Crippen LogP contribution in [0.4, 0.5) is 0 Å². The molecule has 1 atom stereocenters. The fourth-order valence-corrected chi connectivity index (χ4v) is 6.03. The molecule has 1 fully saturated rings. The molecule has 1 amide bonds. The molecule has 186 valence electrons. The minimum absolute atomic E-state index is 0.0724. The van der Waals surface area contributed by atoms with E-state index in [0.717, 1.165) is 29.7 Å². The summed E-state index contributed by atoms with van der Waals surface area (Å²) in [5, 5.41) is 4.27. The minimum atomic E-state index is -0.466. The van der Waals surface area contributed by atoms with E-state index in [9.17, 15) is 14.4 Å². The van der Waals surface area contributed by atoms with Crippen LogP contribution in [0.5, 0.6) is 0 Å². The number of aromatic nitrogens is 2. The van der Waals surface area contributed by atoms with Gasteiger partial charge in [-0.05, 0) is 43.9 Å². The highest BCUT2D eigenvalue weighted by Crippen LogP contribution is 2.30. The summed E-state index contributed by atoms with van der Waals surface area (Å²) in [6.07, 6.45) is 1.69. The molecule has 0 aliphatic carbocycles. The van der Waals surface area contributed by atoms with Crippen LogP contribution in [0.3, 0.4) is 0 Å². The molecule has 4 rings (SSSR count). The Hall–Kier alpha value is -2.40. The highest BCUT2D eigenvalue weighted by molar-refractivity contribution is 7.99. The minimum Gasteiger partial charge on any atom is -0.462 e. The van der Waals surface area contributed by atoms with Crippen molar-refractivity contribution in [3.05, 3.63) is 55.6 Å². The van der Waals surface area contributed by atoms with Crippen LogP contribution in [0.1, 0.15) is 40.6 Å². The number of benzene rings is 1. The van der Waals surface area contributed by atoms with E-state index in [4.69, 9.17) is 21.1 Å². The van der Waals surface area contributed by atoms with Crippen molar-refractivity contribution in [1.29, 1.82) is 0 Å². The molecule has 1 aromatic carbocycles. The van der Waals surface area contributed by atoms with E-state index < -0.39 is 5.97 Å². The van der Waals surface area contributed by atoms with Gasteiger partial charge in [-0.25, -0.2) is 9.78 Å². The first-order valence-electron chi connectivity index (χ1n) is 11.3. The Morgan fingerprint density at radius 3 is 2.89 bits per heavy atom. The molecule has 3 aromatic rings. The predicted molar refractivity (Wildman–Crippen MR) is 138 cm³/mol. The number of esters is 1. The van der Waals surface area contributed by atoms with Gasteiger partial charge in [0, 0.05) is 18.2 Å². The van der Waals surface area contributed by atoms with Crippen molar-refractivity contribution < 1.29 is 19.1 Å². The number of halogens is 1. The maximum absolute atomic E-state index is 13.5. The second kappa shape index (κ2) is 11.6. The first kappa shape index (κ1) is 25.7. The molecule has 1 saturated heterocycles. The number of rotatable bonds is 9. The summed E-state index contributed by atoms with van der Waals surface area (Å²) in [5.41, 5.74) is 1.15. The summed E-state index contributed by atoms with van der Waals surface area (Å²) in [5.74, 6) is -0.600. The first-order chi connectivity index (χ1) is 16.9. The quantitative estimate of drug-likeness (QED) is 0.249. The molecule has 11 heteroatoms. The van der Waals surface area contributed by atoms with Gasteiger partial charge in [-0.2, -0.15) is 0 Å². The van der Waals surface area contributed by atoms with Gasteiger partial charge in [-0.3, -0.25) is 14.2 Å². The van der Waals surface area contributed by atoms with E-state index in [1.54, 1.807) is 24.5 Å². The number of carbonyl (C=O) groups is 2. The molecular weight excluding hydrogens is 510 g/mol. The Labute approximate surface area is 216 Å². The summed E-state index contributed by atoms with van der Waals surface area (Å²) in [7, 11) is 0. The third kappa shape index (κ3) is 5.88. The lowest BCUT2D eigenvalue weighted by Gasteiger charge is -2.16. The summed E-state index contributed by atoms with van der Waals surface area (Å²) >= 11 is 8.48. The van der Waals surface area contributed by atoms with Crippen molar-refractivity contribution in [3.8, 4) is 0 Å². The fourth-order valence-electron chi connectivity index (χ4n) is 3.87. The molecular formula is C24H26ClN3O5S2. The number of thiophene rings is 1. The van der Waals surface area contributed by atoms with Gasteiger partial charge in [0.25, 0.3) is 5.56 Å². The maximum Gasteiger partial charge on any atom is 0.348 e. The number of thioether (sulfide) groups is 1. The van der Waals surface area contributed by atoms with E-state index in [-0.39, 0.29) is 29.9 Å². The topological polar surface area (TPSA) is 99.5 Å². The zero-order valence-electron chi connectivity index (χ0n) is 19.5. The van der Waals surface area contributed by atoms with Crippen molar-refractivity contribution in [2.75, 3.05) is 19.0 Å². The molecule has 8 nitrogen and oxygen atoms in total. The van der Waals surface area contributed by atoms with Gasteiger partial charge in [0.15, 0.2) is 5.16 Å². The number of hydrogen-bond donors (Lipinski definition) is 1. The van der Waals surface area contributed by atoms with Gasteiger partial charge >= 0.3 is 5.97 Å². The number of aryl methyl sites for hydroxylation is 1. The zero-order chi connectivity index (χ0) is 24.9. The zero-order valence-corrected chi connectivity index (χ0v) is 21.9. The second-order valence-corrected chi connectivity index (χ2v) is 10.4. The van der Waals surface area contributed by atoms with E-state index >= 15 is 0 Å². The molecule has 1 aliphatic heterocycles. The molecule has 1 aliphatic rings. The summed E-state index contributed by atoms with van der Waals surface area (Å²) in [6, 6.07) is 7.32. The average molecular weight is 536 g/mol. The fraction of sp³-hybridized carbons (Fsp3) is 0.417. The largest absolute Gasteiger partial charge is 0.462 e. The van der Waals surface area contributed by atoms with Gasteiger partial charge in [0.2, 0.25) is 5.91 Å². The van der Waals surface area contributed by atoms with Crippen LogP contribution in [-0.2, 0) is 27.4 Å². The lowest BCUT2D eigenvalue weighted by Crippen LogP contribution is -2.30. The maximum atomic E-state index is 13.5. The van der Waals surface area contributed by atoms with Crippen LogP contribution in [0, 0.1) is 6.92 Å². The van der Waals surface area contributed by atoms with Crippen LogP contribution >= 0.6 is 34.7 Å². The van der Waals surface area contributed by atoms with Crippen molar-refractivity contribution in [2.24, 2.45) is 0 Å². The number of ether oxygens (including phenoxy) is 2. The Kier molecular flexibility index (Phi) is 8.48. The van der Waals surface area contributed by atoms with E-state index in [1.165, 1.54) is 11.8 Å². The highest BCUT2D eigenvalue weighted by Gasteiger charge is 2.25. The molecule has 35 heavy (non-hydrogen) atoms. The molecule has 0 bridgehead atoms. The van der Waals surface area contributed by atoms with Gasteiger partial charge in [0.1, 0.15) is 9.71 Å². The molecule has 0 spiro atoms. The Morgan fingerprint density at radius 2 is 2.17 bits per heavy atom. The Balaban J connectivity index is 1.59. The van der Waals surface area contributed by atoms with Crippen LogP contribution in [0.2, 0.25) is 5.02 Å². The standard InChI is InChI=1S/C24H26ClN3O5S2/c1-3-32-23(31)20-14(2)19-21(35-20)27-24(28(22(19)30)12-16-8-6-10-33-16)34-13-18(29)26-11-15-7-4-5-9-17(15)25/h4-5,7,9,16H,3,6,8,10-13H2,1-2H3,(H,26,29). The monoisotopic (exact) mass is 535 g/mol. The van der Waals surface area contributed by atoms with Gasteiger partial charge < -0.3 is 14.8 Å². The number of nitrogens with one attached hydrogen (secondary N) is 1. The highest BCUT2D eigenvalue weighted by atomic mass is 35.5. The summed E-state index contributed by atoms with van der Waals surface area (Å²) in [4.78, 5) is 44.0. The number of nitrogens with zero attached hydrogens (tertiary/aromatic N) is 2. The average Bonchev–Trinajstić information content (AvgIpc) is 3.47. The van der Waals surface area contributed by atoms with Crippen molar-refractivity contribution in [2.45, 2.75) is 51.0 Å². The number of fused-ring (bicyclic) bond motifs is 1. The van der Waals surface area contributed by atoms with Crippen molar-refractivity contribution >= 4 is 56.8 Å². The summed E-state index contributed by atoms with van der Waals surface area (Å²) < 4.78 is 12.5. The Morgan fingerprint density at radius 1 is 1.37 bits per heavy atom. The number of carbonyl (C=O) groups excluding carboxylic acids is 2. The van der Waals surface area contributed by atoms with Gasteiger partial charge in [0.05, 0.1) is 30.4 Å². The lowest BCUT2D eigenvalue weighted by molar-refractivity contribution is -0.118. The van der Waals surface area contributed by atoms with Crippen LogP contribution in [-0.4, -0.2) is 46.5 Å². The molecule has 1 N–H and O–H groups in total. The second-order valence-electron chi connectivity index (χ2n) is 8.06. The van der Waals surface area contributed by atoms with Crippen molar-refractivity contribution in [1.82, 2.24) is 14.9 Å². The predicted octanol–water partition coefficient (Wildman–Crippen LogP) is 4.18. The summed E-state index contributed by atoms with van der Waals surface area (Å²) in [6.45, 7) is 5.02. The lowest BCUT2D eigenvalue weighted by atomic mass is 10.2. The van der Waals surface area contributed by atoms with E-state index in [2.05, 4.69) is 10.3 Å². The van der Waals surface area contributed by atoms with E-state index in [1.807, 2.05) is 18.2 Å². The molecule has 0 saturated carbocycles. The van der Waals surface area contributed by atoms with Crippen LogP contribution in [0.15, 0.2) is 34.2 Å². The van der Waals surface area contributed by atoms with Gasteiger partial charge in [-0.15, -0.1) is 11.3 Å². The van der Waals surface area contributed by atoms with Crippen LogP contribution < -0.4 is 10.9 Å². The molecule has 0 radical (unpaired) electrons. The van der Waals surface area contributed by atoms with E-state index in [0.29, 0.717) is 50.5 Å². The molecule has 1 unspecified atom stereocenters. The van der Waals surface area contributed by atoms with Crippen molar-refractivity contribution in [3.63, 3.8) is 0 Å². The third-order valence-electron chi connectivity index (χ3n) is 5.65. The molecule has 3 heterocycles. The smallest absolute Gasteiger partial charge is 0.348 e.